The molecule has 2 aromatic carbocycles. The van der Waals surface area contributed by atoms with E-state index < -0.39 is 0 Å². The molecule has 0 amide bonds. The molecule has 106 valence electrons. The van der Waals surface area contributed by atoms with Gasteiger partial charge in [-0.25, -0.2) is 0 Å². The summed E-state index contributed by atoms with van der Waals surface area (Å²) < 4.78 is 6.22. The molecule has 0 saturated heterocycles. The fourth-order valence-electron chi connectivity index (χ4n) is 2.51. The van der Waals surface area contributed by atoms with Gasteiger partial charge in [0.25, 0.3) is 0 Å². The molecule has 0 unspecified atom stereocenters. The summed E-state index contributed by atoms with van der Waals surface area (Å²) in [6.45, 7) is 15.0. The first-order valence-corrected chi connectivity index (χ1v) is 7.14. The SMILES string of the molecule is Cc1cc(C)c(C)c(Oc2cc(C)c(C)c(C)c2C)c1. The highest BCUT2D eigenvalue weighted by molar-refractivity contribution is 5.51. The van der Waals surface area contributed by atoms with Crippen molar-refractivity contribution in [2.75, 3.05) is 0 Å². The maximum atomic E-state index is 6.22. The minimum atomic E-state index is 0.966. The van der Waals surface area contributed by atoms with Gasteiger partial charge in [0.2, 0.25) is 0 Å². The van der Waals surface area contributed by atoms with Gasteiger partial charge in [-0.2, -0.15) is 0 Å². The van der Waals surface area contributed by atoms with Crippen molar-refractivity contribution in [1.82, 2.24) is 0 Å². The van der Waals surface area contributed by atoms with Crippen molar-refractivity contribution < 1.29 is 4.74 Å². The Kier molecular flexibility index (Phi) is 3.89. The normalized spacial score (nSPS) is 10.8. The summed E-state index contributed by atoms with van der Waals surface area (Å²) in [5.74, 6) is 1.94. The Hall–Kier alpha value is -1.76. The summed E-state index contributed by atoms with van der Waals surface area (Å²) in [7, 11) is 0. The maximum Gasteiger partial charge on any atom is 0.130 e. The van der Waals surface area contributed by atoms with Crippen molar-refractivity contribution in [2.45, 2.75) is 48.5 Å². The largest absolute Gasteiger partial charge is 0.457 e. The Morgan fingerprint density at radius 2 is 1.10 bits per heavy atom. The van der Waals surface area contributed by atoms with Crippen LogP contribution in [0.1, 0.15) is 38.9 Å². The second kappa shape index (κ2) is 5.32. The van der Waals surface area contributed by atoms with Crippen LogP contribution in [0.15, 0.2) is 18.2 Å². The third kappa shape index (κ3) is 2.58. The van der Waals surface area contributed by atoms with E-state index in [-0.39, 0.29) is 0 Å². The summed E-state index contributed by atoms with van der Waals surface area (Å²) in [5.41, 5.74) is 8.91. The lowest BCUT2D eigenvalue weighted by Gasteiger charge is -2.17. The van der Waals surface area contributed by atoms with Crippen LogP contribution in [0.2, 0.25) is 0 Å². The highest BCUT2D eigenvalue weighted by atomic mass is 16.5. The molecular weight excluding hydrogens is 244 g/mol. The predicted octanol–water partition coefficient (Wildman–Crippen LogP) is 5.64. The Morgan fingerprint density at radius 1 is 0.550 bits per heavy atom. The summed E-state index contributed by atoms with van der Waals surface area (Å²) in [5, 5.41) is 0. The number of ether oxygens (including phenoxy) is 1. The minimum absolute atomic E-state index is 0.966. The fraction of sp³-hybridized carbons (Fsp3) is 0.368. The van der Waals surface area contributed by atoms with Gasteiger partial charge in [-0.15, -0.1) is 0 Å². The second-order valence-electron chi connectivity index (χ2n) is 5.87. The van der Waals surface area contributed by atoms with Crippen LogP contribution in [0.4, 0.5) is 0 Å². The molecule has 0 spiro atoms. The van der Waals surface area contributed by atoms with E-state index in [1.165, 1.54) is 38.9 Å². The Balaban J connectivity index is 2.51. The molecule has 2 aromatic rings. The fourth-order valence-corrected chi connectivity index (χ4v) is 2.51. The molecule has 1 heteroatoms. The molecule has 0 aliphatic carbocycles. The molecule has 0 radical (unpaired) electrons. The van der Waals surface area contributed by atoms with Gasteiger partial charge in [0.05, 0.1) is 0 Å². The van der Waals surface area contributed by atoms with Crippen molar-refractivity contribution in [2.24, 2.45) is 0 Å². The monoisotopic (exact) mass is 268 g/mol. The van der Waals surface area contributed by atoms with Gasteiger partial charge in [-0.05, 0) is 99.5 Å². The Morgan fingerprint density at radius 3 is 1.75 bits per heavy atom. The van der Waals surface area contributed by atoms with E-state index in [2.05, 4.69) is 66.7 Å². The lowest BCUT2D eigenvalue weighted by molar-refractivity contribution is 0.473. The first kappa shape index (κ1) is 14.6. The first-order chi connectivity index (χ1) is 9.31. The van der Waals surface area contributed by atoms with Crippen LogP contribution in [0.3, 0.4) is 0 Å². The molecule has 1 nitrogen and oxygen atoms in total. The lowest BCUT2D eigenvalue weighted by Crippen LogP contribution is -1.97. The molecule has 0 heterocycles. The van der Waals surface area contributed by atoms with Crippen LogP contribution in [0.5, 0.6) is 11.5 Å². The van der Waals surface area contributed by atoms with Crippen LogP contribution in [0, 0.1) is 48.5 Å². The van der Waals surface area contributed by atoms with E-state index in [9.17, 15) is 0 Å². The molecule has 0 bridgehead atoms. The van der Waals surface area contributed by atoms with Crippen molar-refractivity contribution in [3.05, 3.63) is 57.1 Å². The molecule has 0 atom stereocenters. The highest BCUT2D eigenvalue weighted by Crippen LogP contribution is 2.33. The molecule has 0 fully saturated rings. The van der Waals surface area contributed by atoms with Gasteiger partial charge >= 0.3 is 0 Å². The summed E-state index contributed by atoms with van der Waals surface area (Å²) in [4.78, 5) is 0. The molecule has 0 aliphatic heterocycles. The van der Waals surface area contributed by atoms with E-state index in [1.54, 1.807) is 0 Å². The third-order valence-electron chi connectivity index (χ3n) is 4.42. The number of aryl methyl sites for hydroxylation is 3. The topological polar surface area (TPSA) is 9.23 Å². The van der Waals surface area contributed by atoms with Gasteiger partial charge in [0.15, 0.2) is 0 Å². The molecule has 20 heavy (non-hydrogen) atoms. The maximum absolute atomic E-state index is 6.22. The Bertz CT molecular complexity index is 666. The second-order valence-corrected chi connectivity index (χ2v) is 5.87. The van der Waals surface area contributed by atoms with Crippen LogP contribution in [-0.4, -0.2) is 0 Å². The molecular formula is C19H24O. The van der Waals surface area contributed by atoms with Gasteiger partial charge in [-0.3, -0.25) is 0 Å². The molecule has 0 saturated carbocycles. The van der Waals surface area contributed by atoms with Gasteiger partial charge in [-0.1, -0.05) is 6.07 Å². The van der Waals surface area contributed by atoms with E-state index in [0.717, 1.165) is 11.5 Å². The first-order valence-electron chi connectivity index (χ1n) is 7.14. The van der Waals surface area contributed by atoms with Crippen LogP contribution in [-0.2, 0) is 0 Å². The smallest absolute Gasteiger partial charge is 0.130 e. The van der Waals surface area contributed by atoms with Crippen molar-refractivity contribution in [3.63, 3.8) is 0 Å². The number of hydrogen-bond donors (Lipinski definition) is 0. The molecule has 0 aromatic heterocycles. The minimum Gasteiger partial charge on any atom is -0.457 e. The Labute approximate surface area is 122 Å². The van der Waals surface area contributed by atoms with Crippen LogP contribution >= 0.6 is 0 Å². The zero-order chi connectivity index (χ0) is 15.0. The summed E-state index contributed by atoms with van der Waals surface area (Å²) >= 11 is 0. The number of benzene rings is 2. The standard InChI is InChI=1S/C19H24O/c1-11-8-12(2)15(5)18(9-11)20-19-10-13(3)14(4)16(6)17(19)7/h8-10H,1-7H3. The molecule has 0 aliphatic rings. The highest BCUT2D eigenvalue weighted by Gasteiger charge is 2.11. The van der Waals surface area contributed by atoms with Gasteiger partial charge in [0.1, 0.15) is 11.5 Å². The summed E-state index contributed by atoms with van der Waals surface area (Å²) in [6, 6.07) is 6.46. The van der Waals surface area contributed by atoms with E-state index in [0.29, 0.717) is 0 Å². The number of rotatable bonds is 2. The van der Waals surface area contributed by atoms with Crippen molar-refractivity contribution in [1.29, 1.82) is 0 Å². The quantitative estimate of drug-likeness (QED) is 0.685. The third-order valence-corrected chi connectivity index (χ3v) is 4.42. The zero-order valence-corrected chi connectivity index (χ0v) is 13.6. The predicted molar refractivity (Wildman–Crippen MR) is 86.1 cm³/mol. The van der Waals surface area contributed by atoms with Crippen LogP contribution in [0.25, 0.3) is 0 Å². The molecule has 2 rings (SSSR count). The average molecular weight is 268 g/mol. The number of hydrogen-bond acceptors (Lipinski definition) is 1. The lowest BCUT2D eigenvalue weighted by atomic mass is 9.98. The zero-order valence-electron chi connectivity index (χ0n) is 13.6. The average Bonchev–Trinajstić information content (AvgIpc) is 2.39. The molecule has 0 N–H and O–H groups in total. The van der Waals surface area contributed by atoms with E-state index >= 15 is 0 Å². The van der Waals surface area contributed by atoms with Gasteiger partial charge < -0.3 is 4.74 Å². The van der Waals surface area contributed by atoms with Gasteiger partial charge in [0, 0.05) is 0 Å². The summed E-state index contributed by atoms with van der Waals surface area (Å²) in [6.07, 6.45) is 0. The van der Waals surface area contributed by atoms with E-state index in [4.69, 9.17) is 4.74 Å². The van der Waals surface area contributed by atoms with E-state index in [1.807, 2.05) is 0 Å². The van der Waals surface area contributed by atoms with Crippen molar-refractivity contribution in [3.8, 4) is 11.5 Å². The van der Waals surface area contributed by atoms with Crippen molar-refractivity contribution >= 4 is 0 Å². The van der Waals surface area contributed by atoms with Crippen LogP contribution < -0.4 is 4.74 Å².